The third-order valence-corrected chi connectivity index (χ3v) is 10.7. The number of aromatic nitrogens is 1. The molecule has 2 heterocycles. The molecule has 4 nitrogen and oxygen atoms in total. The van der Waals surface area contributed by atoms with Crippen molar-refractivity contribution in [1.82, 2.24) is 4.98 Å². The van der Waals surface area contributed by atoms with Crippen molar-refractivity contribution in [3.63, 3.8) is 0 Å². The van der Waals surface area contributed by atoms with Crippen LogP contribution in [0.2, 0.25) is 0 Å². The maximum Gasteiger partial charge on any atom is 0.227 e. The summed E-state index contributed by atoms with van der Waals surface area (Å²) >= 11 is 0. The highest BCUT2D eigenvalue weighted by Crippen LogP contribution is 2.43. The first-order chi connectivity index (χ1) is 27.2. The first-order valence-corrected chi connectivity index (χ1v) is 18.5. The number of fused-ring (bicyclic) bond motifs is 7. The van der Waals surface area contributed by atoms with Gasteiger partial charge in [-0.25, -0.2) is 4.98 Å². The predicted octanol–water partition coefficient (Wildman–Crippen LogP) is 14.5. The molecule has 0 radical (unpaired) electrons. The van der Waals surface area contributed by atoms with E-state index in [4.69, 9.17) is 13.8 Å². The molecule has 0 aliphatic carbocycles. The van der Waals surface area contributed by atoms with E-state index < -0.39 is 0 Å². The summed E-state index contributed by atoms with van der Waals surface area (Å²) in [6.07, 6.45) is 0. The zero-order valence-electron chi connectivity index (χ0n) is 29.7. The van der Waals surface area contributed by atoms with Crippen molar-refractivity contribution in [1.29, 1.82) is 0 Å². The van der Waals surface area contributed by atoms with Gasteiger partial charge in [-0.05, 0) is 98.9 Å². The highest BCUT2D eigenvalue weighted by Gasteiger charge is 2.19. The number of hydrogen-bond donors (Lipinski definition) is 0. The second-order valence-electron chi connectivity index (χ2n) is 14.0. The fourth-order valence-electron chi connectivity index (χ4n) is 7.98. The Labute approximate surface area is 317 Å². The second-order valence-corrected chi connectivity index (χ2v) is 14.0. The van der Waals surface area contributed by atoms with Crippen molar-refractivity contribution in [3.05, 3.63) is 194 Å². The lowest BCUT2D eigenvalue weighted by Gasteiger charge is -2.28. The highest BCUT2D eigenvalue weighted by atomic mass is 16.4. The molecule has 11 rings (SSSR count). The molecule has 0 bridgehead atoms. The minimum Gasteiger partial charge on any atom is -0.456 e. The van der Waals surface area contributed by atoms with Crippen molar-refractivity contribution < 1.29 is 8.83 Å². The Kier molecular flexibility index (Phi) is 7.14. The lowest BCUT2D eigenvalue weighted by molar-refractivity contribution is 0.617. The van der Waals surface area contributed by atoms with E-state index in [1.807, 2.05) is 36.4 Å². The van der Waals surface area contributed by atoms with Crippen LogP contribution in [-0.4, -0.2) is 4.98 Å². The maximum atomic E-state index is 6.44. The number of furan rings is 1. The number of nitrogens with zero attached hydrogens (tertiary/aromatic N) is 2. The van der Waals surface area contributed by atoms with Crippen molar-refractivity contribution in [2.75, 3.05) is 4.90 Å². The van der Waals surface area contributed by atoms with Gasteiger partial charge in [-0.3, -0.25) is 0 Å². The van der Waals surface area contributed by atoms with Crippen LogP contribution in [0.5, 0.6) is 0 Å². The van der Waals surface area contributed by atoms with Crippen LogP contribution in [0.25, 0.3) is 88.3 Å². The molecule has 0 saturated heterocycles. The molecule has 0 N–H and O–H groups in total. The predicted molar refractivity (Wildman–Crippen MR) is 227 cm³/mol. The van der Waals surface area contributed by atoms with E-state index in [1.54, 1.807) is 0 Å². The van der Waals surface area contributed by atoms with Gasteiger partial charge in [0.25, 0.3) is 0 Å². The Bertz CT molecular complexity index is 3200. The summed E-state index contributed by atoms with van der Waals surface area (Å²) in [6, 6.07) is 68.4. The molecule has 0 saturated carbocycles. The van der Waals surface area contributed by atoms with Crippen LogP contribution in [0, 0.1) is 0 Å². The minimum atomic E-state index is 0.606. The lowest BCUT2D eigenvalue weighted by Crippen LogP contribution is -2.11. The summed E-state index contributed by atoms with van der Waals surface area (Å²) in [6.45, 7) is 0. The van der Waals surface area contributed by atoms with Gasteiger partial charge in [-0.2, -0.15) is 0 Å². The van der Waals surface area contributed by atoms with Gasteiger partial charge in [0.1, 0.15) is 16.7 Å². The lowest BCUT2D eigenvalue weighted by atomic mass is 9.99. The zero-order valence-corrected chi connectivity index (χ0v) is 29.7. The summed E-state index contributed by atoms with van der Waals surface area (Å²) in [7, 11) is 0. The first kappa shape index (κ1) is 31.1. The van der Waals surface area contributed by atoms with Crippen LogP contribution in [0.1, 0.15) is 0 Å². The normalized spacial score (nSPS) is 11.6. The van der Waals surface area contributed by atoms with Crippen LogP contribution in [0.4, 0.5) is 17.1 Å². The average Bonchev–Trinajstić information content (AvgIpc) is 3.84. The molecule has 0 fully saturated rings. The third kappa shape index (κ3) is 5.34. The molecule has 9 aromatic carbocycles. The number of para-hydroxylation sites is 1. The summed E-state index contributed by atoms with van der Waals surface area (Å²) in [5, 5.41) is 7.03. The molecule has 55 heavy (non-hydrogen) atoms. The third-order valence-electron chi connectivity index (χ3n) is 10.7. The maximum absolute atomic E-state index is 6.44. The van der Waals surface area contributed by atoms with E-state index in [0.717, 1.165) is 61.2 Å². The molecule has 0 aliphatic heterocycles. The molecular weight excluding hydrogens is 673 g/mol. The van der Waals surface area contributed by atoms with Gasteiger partial charge in [0.05, 0.1) is 5.69 Å². The van der Waals surface area contributed by atoms with E-state index in [-0.39, 0.29) is 0 Å². The zero-order chi connectivity index (χ0) is 36.3. The SMILES string of the molecule is c1ccc(-c2nc3cc4c(cc3o2)oc2cc(-c3ccc(N(c5ccc6c(ccc7ccccc76)c5)c5ccccc5-c5ccccc5)cc3)ccc24)cc1. The van der Waals surface area contributed by atoms with Gasteiger partial charge >= 0.3 is 0 Å². The first-order valence-electron chi connectivity index (χ1n) is 18.5. The fraction of sp³-hybridized carbons (Fsp3) is 0. The number of hydrogen-bond acceptors (Lipinski definition) is 4. The van der Waals surface area contributed by atoms with Gasteiger partial charge in [-0.1, -0.05) is 127 Å². The minimum absolute atomic E-state index is 0.606. The number of rotatable bonds is 6. The molecule has 0 atom stereocenters. The number of anilines is 3. The van der Waals surface area contributed by atoms with Crippen LogP contribution < -0.4 is 4.90 Å². The van der Waals surface area contributed by atoms with Crippen LogP contribution in [0.3, 0.4) is 0 Å². The fourth-order valence-corrected chi connectivity index (χ4v) is 7.98. The van der Waals surface area contributed by atoms with Crippen molar-refractivity contribution >= 4 is 71.6 Å². The highest BCUT2D eigenvalue weighted by molar-refractivity contribution is 6.10. The standard InChI is InChI=1S/C51H32N2O2/c1-3-11-34(12-4-1)43-17-9-10-18-47(43)53(40-26-28-42-38(29-40)20-19-35-13-7-8-16-41(35)42)39-24-21-33(22-25-39)37-23-27-44-45-31-46-50(32-49(45)54-48(44)30-37)55-51(52-46)36-14-5-2-6-15-36/h1-32H. The van der Waals surface area contributed by atoms with Crippen molar-refractivity contribution in [3.8, 4) is 33.7 Å². The molecule has 0 amide bonds. The molecule has 11 aromatic rings. The molecular formula is C51H32N2O2. The summed E-state index contributed by atoms with van der Waals surface area (Å²) in [5.41, 5.74) is 11.9. The van der Waals surface area contributed by atoms with Gasteiger partial charge < -0.3 is 13.7 Å². The van der Waals surface area contributed by atoms with Gasteiger partial charge in [0.15, 0.2) is 5.58 Å². The van der Waals surface area contributed by atoms with Crippen molar-refractivity contribution in [2.24, 2.45) is 0 Å². The Balaban J connectivity index is 0.991. The Hall–Kier alpha value is -7.43. The van der Waals surface area contributed by atoms with Crippen LogP contribution in [0.15, 0.2) is 203 Å². The van der Waals surface area contributed by atoms with Crippen LogP contribution in [-0.2, 0) is 0 Å². The molecule has 0 unspecified atom stereocenters. The largest absolute Gasteiger partial charge is 0.456 e. The van der Waals surface area contributed by atoms with E-state index in [0.29, 0.717) is 11.5 Å². The second kappa shape index (κ2) is 12.6. The van der Waals surface area contributed by atoms with E-state index in [1.165, 1.54) is 32.7 Å². The van der Waals surface area contributed by atoms with E-state index in [9.17, 15) is 0 Å². The molecule has 258 valence electrons. The Morgan fingerprint density at radius 2 is 1.02 bits per heavy atom. The summed E-state index contributed by atoms with van der Waals surface area (Å²) in [4.78, 5) is 7.16. The molecule has 0 aliphatic rings. The monoisotopic (exact) mass is 704 g/mol. The Morgan fingerprint density at radius 3 is 1.87 bits per heavy atom. The van der Waals surface area contributed by atoms with Crippen molar-refractivity contribution in [2.45, 2.75) is 0 Å². The van der Waals surface area contributed by atoms with Gasteiger partial charge in [0, 0.05) is 39.3 Å². The summed E-state index contributed by atoms with van der Waals surface area (Å²) < 4.78 is 12.6. The quantitative estimate of drug-likeness (QED) is 0.162. The van der Waals surface area contributed by atoms with Gasteiger partial charge in [0.2, 0.25) is 5.89 Å². The number of oxazole rings is 1. The van der Waals surface area contributed by atoms with E-state index >= 15 is 0 Å². The Morgan fingerprint density at radius 1 is 0.364 bits per heavy atom. The summed E-state index contributed by atoms with van der Waals surface area (Å²) in [5.74, 6) is 0.606. The van der Waals surface area contributed by atoms with E-state index in [2.05, 4.69) is 163 Å². The topological polar surface area (TPSA) is 42.4 Å². The molecule has 0 spiro atoms. The average molecular weight is 705 g/mol. The molecule has 4 heteroatoms. The van der Waals surface area contributed by atoms with Gasteiger partial charge in [-0.15, -0.1) is 0 Å². The molecule has 2 aromatic heterocycles. The number of benzene rings is 9. The smallest absolute Gasteiger partial charge is 0.227 e. The van der Waals surface area contributed by atoms with Crippen LogP contribution >= 0.6 is 0 Å².